The quantitative estimate of drug-likeness (QED) is 0.837. The molecule has 0 aliphatic rings. The van der Waals surface area contributed by atoms with Gasteiger partial charge in [0.1, 0.15) is 17.3 Å². The van der Waals surface area contributed by atoms with Crippen LogP contribution in [0.3, 0.4) is 0 Å². The van der Waals surface area contributed by atoms with E-state index in [1.54, 1.807) is 13.8 Å². The molecule has 2 rings (SSSR count). The largest absolute Gasteiger partial charge is 0.456 e. The molecule has 0 aliphatic carbocycles. The molecule has 1 heterocycles. The van der Waals surface area contributed by atoms with Crippen molar-refractivity contribution < 1.29 is 23.4 Å². The van der Waals surface area contributed by atoms with Crippen molar-refractivity contribution in [3.8, 4) is 11.5 Å². The second kappa shape index (κ2) is 8.39. The van der Waals surface area contributed by atoms with E-state index in [0.717, 1.165) is 12.1 Å². The summed E-state index contributed by atoms with van der Waals surface area (Å²) in [6.07, 6.45) is 0.715. The van der Waals surface area contributed by atoms with Crippen molar-refractivity contribution in [2.45, 2.75) is 20.0 Å². The minimum absolute atomic E-state index is 0.131. The first kappa shape index (κ1) is 18.6. The van der Waals surface area contributed by atoms with Gasteiger partial charge in [0, 0.05) is 19.2 Å². The molecule has 2 amide bonds. The third kappa shape index (κ3) is 5.39. The van der Waals surface area contributed by atoms with E-state index in [2.05, 4.69) is 10.3 Å². The lowest BCUT2D eigenvalue weighted by Crippen LogP contribution is -2.39. The lowest BCUT2D eigenvalue weighted by atomic mass is 10.3. The molecule has 0 spiro atoms. The Morgan fingerprint density at radius 3 is 2.56 bits per heavy atom. The first-order chi connectivity index (χ1) is 11.9. The van der Waals surface area contributed by atoms with Crippen LogP contribution in [-0.4, -0.2) is 40.2 Å². The Labute approximate surface area is 144 Å². The van der Waals surface area contributed by atoms with Gasteiger partial charge in [-0.1, -0.05) is 0 Å². The van der Waals surface area contributed by atoms with Crippen molar-refractivity contribution in [2.75, 3.05) is 18.4 Å². The molecular formula is C17H19F2N3O3. The molecule has 0 radical (unpaired) electrons. The number of urea groups is 1. The standard InChI is InChI=1S/C17H19F2N3O3/c1-3-22(10-11(2)23)17(24)21-16-7-5-13(9-20-16)25-12-4-6-14(18)15(19)8-12/h4-9,11,23H,3,10H2,1-2H3,(H,20,21,24)/t11-/m0/s1. The highest BCUT2D eigenvalue weighted by Gasteiger charge is 2.14. The number of ether oxygens (including phenoxy) is 1. The van der Waals surface area contributed by atoms with E-state index in [-0.39, 0.29) is 18.3 Å². The number of nitrogens with zero attached hydrogens (tertiary/aromatic N) is 2. The monoisotopic (exact) mass is 351 g/mol. The lowest BCUT2D eigenvalue weighted by molar-refractivity contribution is 0.141. The van der Waals surface area contributed by atoms with Gasteiger partial charge in [-0.3, -0.25) is 5.32 Å². The predicted molar refractivity (Wildman–Crippen MR) is 88.6 cm³/mol. The maximum absolute atomic E-state index is 13.1. The average Bonchev–Trinajstić information content (AvgIpc) is 2.57. The average molecular weight is 351 g/mol. The number of likely N-dealkylation sites (N-methyl/N-ethyl adjacent to an activating group) is 1. The number of hydrogen-bond acceptors (Lipinski definition) is 4. The van der Waals surface area contributed by atoms with Crippen LogP contribution in [0.5, 0.6) is 11.5 Å². The fourth-order valence-corrected chi connectivity index (χ4v) is 2.05. The number of pyridine rings is 1. The molecule has 2 aromatic rings. The van der Waals surface area contributed by atoms with Crippen molar-refractivity contribution in [3.63, 3.8) is 0 Å². The van der Waals surface area contributed by atoms with Crippen molar-refractivity contribution in [1.29, 1.82) is 0 Å². The topological polar surface area (TPSA) is 74.7 Å². The van der Waals surface area contributed by atoms with Gasteiger partial charge in [0.15, 0.2) is 11.6 Å². The van der Waals surface area contributed by atoms with Crippen LogP contribution in [0.4, 0.5) is 19.4 Å². The summed E-state index contributed by atoms with van der Waals surface area (Å²) in [6, 6.07) is 5.86. The van der Waals surface area contributed by atoms with Crippen LogP contribution >= 0.6 is 0 Å². The first-order valence-corrected chi connectivity index (χ1v) is 7.72. The first-order valence-electron chi connectivity index (χ1n) is 7.72. The van der Waals surface area contributed by atoms with Gasteiger partial charge in [-0.15, -0.1) is 0 Å². The molecule has 0 saturated carbocycles. The number of aliphatic hydroxyl groups excluding tert-OH is 1. The molecular weight excluding hydrogens is 332 g/mol. The summed E-state index contributed by atoms with van der Waals surface area (Å²) in [5.74, 6) is -1.23. The lowest BCUT2D eigenvalue weighted by Gasteiger charge is -2.22. The zero-order valence-electron chi connectivity index (χ0n) is 13.9. The van der Waals surface area contributed by atoms with Crippen molar-refractivity contribution in [3.05, 3.63) is 48.2 Å². The summed E-state index contributed by atoms with van der Waals surface area (Å²) < 4.78 is 31.4. The fourth-order valence-electron chi connectivity index (χ4n) is 2.05. The van der Waals surface area contributed by atoms with Gasteiger partial charge in [0.05, 0.1) is 12.3 Å². The molecule has 0 aliphatic heterocycles. The Morgan fingerprint density at radius 1 is 1.28 bits per heavy atom. The molecule has 1 aromatic carbocycles. The minimum Gasteiger partial charge on any atom is -0.456 e. The molecule has 0 saturated heterocycles. The SMILES string of the molecule is CCN(C[C@H](C)O)C(=O)Nc1ccc(Oc2ccc(F)c(F)c2)cn1. The third-order valence-electron chi connectivity index (χ3n) is 3.25. The summed E-state index contributed by atoms with van der Waals surface area (Å²) in [4.78, 5) is 17.6. The number of rotatable bonds is 6. The van der Waals surface area contributed by atoms with Crippen molar-refractivity contribution >= 4 is 11.8 Å². The number of nitrogens with one attached hydrogen (secondary N) is 1. The molecule has 6 nitrogen and oxygen atoms in total. The zero-order chi connectivity index (χ0) is 18.4. The Bertz CT molecular complexity index is 724. The summed E-state index contributed by atoms with van der Waals surface area (Å²) >= 11 is 0. The van der Waals surface area contributed by atoms with E-state index < -0.39 is 17.7 Å². The third-order valence-corrected chi connectivity index (χ3v) is 3.25. The maximum atomic E-state index is 13.1. The number of carbonyl (C=O) groups excluding carboxylic acids is 1. The highest BCUT2D eigenvalue weighted by molar-refractivity contribution is 5.88. The fraction of sp³-hybridized carbons (Fsp3) is 0.294. The minimum atomic E-state index is -1.01. The van der Waals surface area contributed by atoms with Gasteiger partial charge >= 0.3 is 6.03 Å². The van der Waals surface area contributed by atoms with E-state index in [0.29, 0.717) is 18.1 Å². The van der Waals surface area contributed by atoms with Gasteiger partial charge < -0.3 is 14.7 Å². The molecule has 1 aromatic heterocycles. The summed E-state index contributed by atoms with van der Waals surface area (Å²) in [7, 11) is 0. The van der Waals surface area contributed by atoms with E-state index in [9.17, 15) is 18.7 Å². The van der Waals surface area contributed by atoms with Crippen LogP contribution in [0.1, 0.15) is 13.8 Å². The molecule has 1 atom stereocenters. The Hall–Kier alpha value is -2.74. The van der Waals surface area contributed by atoms with Gasteiger partial charge in [0.2, 0.25) is 0 Å². The van der Waals surface area contributed by atoms with E-state index in [1.807, 2.05) is 0 Å². The number of benzene rings is 1. The number of aliphatic hydroxyl groups is 1. The van der Waals surface area contributed by atoms with Crippen LogP contribution in [0, 0.1) is 11.6 Å². The maximum Gasteiger partial charge on any atom is 0.323 e. The van der Waals surface area contributed by atoms with Crippen LogP contribution in [-0.2, 0) is 0 Å². The summed E-state index contributed by atoms with van der Waals surface area (Å²) in [6.45, 7) is 4.04. The number of carbonyl (C=O) groups is 1. The Kier molecular flexibility index (Phi) is 6.24. The van der Waals surface area contributed by atoms with Crippen LogP contribution in [0.2, 0.25) is 0 Å². The second-order valence-corrected chi connectivity index (χ2v) is 5.37. The normalized spacial score (nSPS) is 11.7. The van der Waals surface area contributed by atoms with Gasteiger partial charge in [0.25, 0.3) is 0 Å². The zero-order valence-corrected chi connectivity index (χ0v) is 13.9. The second-order valence-electron chi connectivity index (χ2n) is 5.37. The number of hydrogen-bond donors (Lipinski definition) is 2. The van der Waals surface area contributed by atoms with E-state index >= 15 is 0 Å². The molecule has 0 bridgehead atoms. The van der Waals surface area contributed by atoms with Gasteiger partial charge in [-0.25, -0.2) is 18.6 Å². The Balaban J connectivity index is 1.99. The summed E-state index contributed by atoms with van der Waals surface area (Å²) in [5, 5.41) is 12.0. The number of amides is 2. The molecule has 25 heavy (non-hydrogen) atoms. The van der Waals surface area contributed by atoms with Gasteiger partial charge in [-0.05, 0) is 38.1 Å². The Morgan fingerprint density at radius 2 is 2.00 bits per heavy atom. The smallest absolute Gasteiger partial charge is 0.323 e. The van der Waals surface area contributed by atoms with Crippen LogP contribution < -0.4 is 10.1 Å². The predicted octanol–water partition coefficient (Wildman–Crippen LogP) is 3.39. The summed E-state index contributed by atoms with van der Waals surface area (Å²) in [5.41, 5.74) is 0. The highest BCUT2D eigenvalue weighted by Crippen LogP contribution is 2.23. The van der Waals surface area contributed by atoms with Crippen molar-refractivity contribution in [1.82, 2.24) is 9.88 Å². The molecule has 134 valence electrons. The molecule has 8 heteroatoms. The number of aromatic nitrogens is 1. The molecule has 0 unspecified atom stereocenters. The molecule has 2 N–H and O–H groups in total. The van der Waals surface area contributed by atoms with E-state index in [4.69, 9.17) is 4.74 Å². The molecule has 0 fully saturated rings. The number of halogens is 2. The van der Waals surface area contributed by atoms with Crippen molar-refractivity contribution in [2.24, 2.45) is 0 Å². The van der Waals surface area contributed by atoms with Crippen LogP contribution in [0.15, 0.2) is 36.5 Å². The van der Waals surface area contributed by atoms with E-state index in [1.165, 1.54) is 29.3 Å². The van der Waals surface area contributed by atoms with Crippen LogP contribution in [0.25, 0.3) is 0 Å². The highest BCUT2D eigenvalue weighted by atomic mass is 19.2. The van der Waals surface area contributed by atoms with Gasteiger partial charge in [-0.2, -0.15) is 0 Å². The number of anilines is 1.